The van der Waals surface area contributed by atoms with Gasteiger partial charge in [0.05, 0.1) is 17.3 Å². The van der Waals surface area contributed by atoms with Gasteiger partial charge in [-0.1, -0.05) is 43.4 Å². The summed E-state index contributed by atoms with van der Waals surface area (Å²) in [6.07, 6.45) is 0.388. The van der Waals surface area contributed by atoms with Gasteiger partial charge in [0.15, 0.2) is 11.7 Å². The summed E-state index contributed by atoms with van der Waals surface area (Å²) in [5.74, 6) is -0.712. The topological polar surface area (TPSA) is 107 Å². The van der Waals surface area contributed by atoms with Crippen molar-refractivity contribution < 1.29 is 23.9 Å². The van der Waals surface area contributed by atoms with E-state index in [-0.39, 0.29) is 11.8 Å². The molecule has 0 aliphatic carbocycles. The van der Waals surface area contributed by atoms with Gasteiger partial charge in [-0.25, -0.2) is 9.78 Å². The van der Waals surface area contributed by atoms with Crippen LogP contribution in [0.5, 0.6) is 5.75 Å². The molecule has 0 spiro atoms. The number of fused-ring (bicyclic) bond motifs is 1. The highest BCUT2D eigenvalue weighted by atomic mass is 32.1. The number of carbonyl (C=O) groups is 3. The third-order valence-electron chi connectivity index (χ3n) is 4.52. The Kier molecular flexibility index (Phi) is 7.77. The number of methoxy groups -OCH3 is 1. The van der Waals surface area contributed by atoms with Crippen molar-refractivity contribution in [2.24, 2.45) is 5.92 Å². The van der Waals surface area contributed by atoms with Crippen LogP contribution in [0.15, 0.2) is 48.5 Å². The van der Waals surface area contributed by atoms with Crippen LogP contribution >= 0.6 is 11.3 Å². The molecule has 0 fully saturated rings. The van der Waals surface area contributed by atoms with E-state index in [0.29, 0.717) is 22.9 Å². The predicted molar refractivity (Wildman–Crippen MR) is 123 cm³/mol. The number of hydrogen-bond acceptors (Lipinski definition) is 7. The highest BCUT2D eigenvalue weighted by Crippen LogP contribution is 2.29. The number of hydrogen-bond donors (Lipinski definition) is 2. The molecule has 0 saturated heterocycles. The summed E-state index contributed by atoms with van der Waals surface area (Å²) in [5, 5.41) is 5.73. The van der Waals surface area contributed by atoms with Crippen LogP contribution in [0.2, 0.25) is 0 Å². The number of anilines is 1. The normalized spacial score (nSPS) is 11.8. The Bertz CT molecular complexity index is 1100. The van der Waals surface area contributed by atoms with E-state index in [1.54, 1.807) is 49.6 Å². The van der Waals surface area contributed by atoms with Crippen LogP contribution in [-0.4, -0.2) is 42.5 Å². The minimum Gasteiger partial charge on any atom is -0.497 e. The maximum atomic E-state index is 12.6. The summed E-state index contributed by atoms with van der Waals surface area (Å²) in [7, 11) is 1.58. The molecule has 1 aromatic heterocycles. The van der Waals surface area contributed by atoms with E-state index in [0.717, 1.165) is 10.2 Å². The van der Waals surface area contributed by atoms with Crippen molar-refractivity contribution >= 4 is 44.5 Å². The van der Waals surface area contributed by atoms with E-state index in [9.17, 15) is 14.4 Å². The van der Waals surface area contributed by atoms with Gasteiger partial charge >= 0.3 is 5.97 Å². The number of nitrogens with zero attached hydrogens (tertiary/aromatic N) is 1. The Balaban J connectivity index is 1.57. The van der Waals surface area contributed by atoms with E-state index >= 15 is 0 Å². The Hall–Kier alpha value is -3.46. The fraction of sp³-hybridized carbons (Fsp3) is 0.304. The van der Waals surface area contributed by atoms with Crippen LogP contribution in [0.4, 0.5) is 5.13 Å². The molecule has 168 valence electrons. The first-order valence-corrected chi connectivity index (χ1v) is 10.9. The predicted octanol–water partition coefficient (Wildman–Crippen LogP) is 3.63. The molecule has 0 aliphatic heterocycles. The van der Waals surface area contributed by atoms with E-state index in [4.69, 9.17) is 9.47 Å². The largest absolute Gasteiger partial charge is 0.497 e. The first-order valence-electron chi connectivity index (χ1n) is 10.1. The van der Waals surface area contributed by atoms with Gasteiger partial charge in [0, 0.05) is 5.56 Å². The van der Waals surface area contributed by atoms with Crippen molar-refractivity contribution in [3.05, 3.63) is 54.1 Å². The molecule has 3 rings (SSSR count). The summed E-state index contributed by atoms with van der Waals surface area (Å²) in [6, 6.07) is 13.2. The lowest BCUT2D eigenvalue weighted by atomic mass is 10.0. The van der Waals surface area contributed by atoms with Gasteiger partial charge in [-0.2, -0.15) is 0 Å². The highest BCUT2D eigenvalue weighted by Gasteiger charge is 2.25. The third kappa shape index (κ3) is 6.27. The minimum atomic E-state index is -0.856. The fourth-order valence-electron chi connectivity index (χ4n) is 2.99. The molecule has 8 nitrogen and oxygen atoms in total. The summed E-state index contributed by atoms with van der Waals surface area (Å²) in [5.41, 5.74) is 1.17. The number of ether oxygens (including phenoxy) is 2. The second-order valence-electron chi connectivity index (χ2n) is 7.53. The lowest BCUT2D eigenvalue weighted by Crippen LogP contribution is -2.43. The number of amides is 2. The van der Waals surface area contributed by atoms with Crippen molar-refractivity contribution in [1.82, 2.24) is 10.3 Å². The quantitative estimate of drug-likeness (QED) is 0.477. The first-order chi connectivity index (χ1) is 15.4. The zero-order chi connectivity index (χ0) is 23.1. The molecule has 1 atom stereocenters. The molecule has 0 aliphatic rings. The van der Waals surface area contributed by atoms with Crippen molar-refractivity contribution in [2.75, 3.05) is 19.0 Å². The van der Waals surface area contributed by atoms with E-state index in [1.807, 2.05) is 19.9 Å². The minimum absolute atomic E-state index is 0.136. The van der Waals surface area contributed by atoms with Crippen molar-refractivity contribution in [3.8, 4) is 5.75 Å². The van der Waals surface area contributed by atoms with E-state index in [1.165, 1.54) is 11.3 Å². The SMILES string of the molecule is COc1ccc2nc(NC(=O)COC(=O)[C@H](CC(C)C)NC(=O)c3ccccc3)sc2c1. The molecular formula is C23H25N3O5S. The Morgan fingerprint density at radius 2 is 1.84 bits per heavy atom. The molecule has 0 radical (unpaired) electrons. The lowest BCUT2D eigenvalue weighted by Gasteiger charge is -2.19. The average molecular weight is 456 g/mol. The van der Waals surface area contributed by atoms with Gasteiger partial charge in [-0.05, 0) is 42.7 Å². The molecule has 2 amide bonds. The Morgan fingerprint density at radius 1 is 1.09 bits per heavy atom. The van der Waals surface area contributed by atoms with Gasteiger partial charge in [0.1, 0.15) is 11.8 Å². The molecule has 9 heteroatoms. The number of carbonyl (C=O) groups excluding carboxylic acids is 3. The van der Waals surface area contributed by atoms with E-state index in [2.05, 4.69) is 15.6 Å². The number of esters is 1. The number of thiazole rings is 1. The monoisotopic (exact) mass is 455 g/mol. The van der Waals surface area contributed by atoms with Gasteiger partial charge in [0.2, 0.25) is 0 Å². The molecule has 1 heterocycles. The maximum absolute atomic E-state index is 12.6. The second-order valence-corrected chi connectivity index (χ2v) is 8.56. The number of benzene rings is 2. The van der Waals surface area contributed by atoms with Gasteiger partial charge in [-0.3, -0.25) is 14.9 Å². The Labute approximate surface area is 189 Å². The molecule has 3 aromatic rings. The van der Waals surface area contributed by atoms with Crippen molar-refractivity contribution in [1.29, 1.82) is 0 Å². The highest BCUT2D eigenvalue weighted by molar-refractivity contribution is 7.22. The summed E-state index contributed by atoms with van der Waals surface area (Å²) in [6.45, 7) is 3.39. The van der Waals surface area contributed by atoms with Gasteiger partial charge < -0.3 is 14.8 Å². The average Bonchev–Trinajstić information content (AvgIpc) is 3.18. The lowest BCUT2D eigenvalue weighted by molar-refractivity contribution is -0.149. The zero-order valence-electron chi connectivity index (χ0n) is 18.1. The third-order valence-corrected chi connectivity index (χ3v) is 5.45. The molecule has 0 saturated carbocycles. The van der Waals surface area contributed by atoms with Crippen LogP contribution in [0.1, 0.15) is 30.6 Å². The molecular weight excluding hydrogens is 430 g/mol. The molecule has 0 unspecified atom stereocenters. The summed E-state index contributed by atoms with van der Waals surface area (Å²) >= 11 is 1.29. The van der Waals surface area contributed by atoms with E-state index < -0.39 is 24.5 Å². The molecule has 32 heavy (non-hydrogen) atoms. The van der Waals surface area contributed by atoms with Crippen LogP contribution in [0.25, 0.3) is 10.2 Å². The second kappa shape index (κ2) is 10.7. The number of aromatic nitrogens is 1. The smallest absolute Gasteiger partial charge is 0.329 e. The zero-order valence-corrected chi connectivity index (χ0v) is 18.9. The van der Waals surface area contributed by atoms with Crippen LogP contribution in [0, 0.1) is 5.92 Å². The molecule has 2 aromatic carbocycles. The molecule has 0 bridgehead atoms. The first kappa shape index (κ1) is 23.2. The standard InChI is InChI=1S/C23H25N3O5S/c1-14(2)11-18(24-21(28)15-7-5-4-6-8-15)22(29)31-13-20(27)26-23-25-17-10-9-16(30-3)12-19(17)32-23/h4-10,12,14,18H,11,13H2,1-3H3,(H,24,28)(H,25,26,27)/t18-/m0/s1. The van der Waals surface area contributed by atoms with Crippen LogP contribution in [0.3, 0.4) is 0 Å². The van der Waals surface area contributed by atoms with Crippen LogP contribution < -0.4 is 15.4 Å². The van der Waals surface area contributed by atoms with Crippen LogP contribution in [-0.2, 0) is 14.3 Å². The van der Waals surface area contributed by atoms with Gasteiger partial charge in [-0.15, -0.1) is 0 Å². The maximum Gasteiger partial charge on any atom is 0.329 e. The van der Waals surface area contributed by atoms with Crippen molar-refractivity contribution in [3.63, 3.8) is 0 Å². The fourth-order valence-corrected chi connectivity index (χ4v) is 3.91. The number of rotatable bonds is 9. The number of nitrogens with one attached hydrogen (secondary N) is 2. The van der Waals surface area contributed by atoms with Gasteiger partial charge in [0.25, 0.3) is 11.8 Å². The Morgan fingerprint density at radius 3 is 2.53 bits per heavy atom. The van der Waals surface area contributed by atoms with Crippen molar-refractivity contribution in [2.45, 2.75) is 26.3 Å². The summed E-state index contributed by atoms with van der Waals surface area (Å²) < 4.78 is 11.2. The molecule has 2 N–H and O–H groups in total. The summed E-state index contributed by atoms with van der Waals surface area (Å²) in [4.78, 5) is 41.6.